The minimum atomic E-state index is 0.234. The van der Waals surface area contributed by atoms with E-state index in [0.717, 1.165) is 25.8 Å². The van der Waals surface area contributed by atoms with E-state index in [1.54, 1.807) is 0 Å². The highest BCUT2D eigenvalue weighted by atomic mass is 16.5. The molecule has 130 valence electrons. The largest absolute Gasteiger partial charge is 0.370 e. The van der Waals surface area contributed by atoms with Gasteiger partial charge < -0.3 is 4.74 Å². The Morgan fingerprint density at radius 2 is 1.79 bits per heavy atom. The molecule has 1 aromatic rings. The Kier molecular flexibility index (Phi) is 5.98. The van der Waals surface area contributed by atoms with Crippen LogP contribution >= 0.6 is 0 Å². The summed E-state index contributed by atoms with van der Waals surface area (Å²) in [4.78, 5) is 2.53. The van der Waals surface area contributed by atoms with Crippen LogP contribution in [-0.4, -0.2) is 29.6 Å². The standard InChI is InChI=1S/C22H31NO/c1-4-14-23-19-11-12-20(23)16-21(15-19)24-22(13-10-17(2)3)18-8-6-5-7-9-18/h1,5-9,17,19-22H,10-16H2,2-3H3/t19-,20+,21?,22?. The minimum absolute atomic E-state index is 0.234. The second-order valence-corrected chi connectivity index (χ2v) is 7.86. The molecule has 0 amide bonds. The third-order valence-corrected chi connectivity index (χ3v) is 5.65. The van der Waals surface area contributed by atoms with E-state index in [0.29, 0.717) is 24.1 Å². The predicted octanol–water partition coefficient (Wildman–Crippen LogP) is 4.81. The summed E-state index contributed by atoms with van der Waals surface area (Å²) in [6, 6.07) is 12.0. The van der Waals surface area contributed by atoms with Gasteiger partial charge in [0.05, 0.1) is 18.8 Å². The number of terminal acetylenes is 1. The highest BCUT2D eigenvalue weighted by Crippen LogP contribution is 2.39. The summed E-state index contributed by atoms with van der Waals surface area (Å²) in [5.41, 5.74) is 1.33. The van der Waals surface area contributed by atoms with Crippen LogP contribution in [0.15, 0.2) is 30.3 Å². The van der Waals surface area contributed by atoms with Gasteiger partial charge in [0.1, 0.15) is 0 Å². The first kappa shape index (κ1) is 17.5. The van der Waals surface area contributed by atoms with Crippen molar-refractivity contribution in [3.8, 4) is 12.3 Å². The molecule has 0 spiro atoms. The summed E-state index contributed by atoms with van der Waals surface area (Å²) < 4.78 is 6.66. The number of hydrogen-bond acceptors (Lipinski definition) is 2. The van der Waals surface area contributed by atoms with E-state index in [4.69, 9.17) is 11.2 Å². The normalized spacial score (nSPS) is 28.0. The molecule has 2 bridgehead atoms. The maximum Gasteiger partial charge on any atom is 0.0828 e. The zero-order chi connectivity index (χ0) is 16.9. The molecule has 2 nitrogen and oxygen atoms in total. The Hall–Kier alpha value is -1.30. The van der Waals surface area contributed by atoms with Crippen molar-refractivity contribution in [3.05, 3.63) is 35.9 Å². The van der Waals surface area contributed by atoms with Gasteiger partial charge in [-0.2, -0.15) is 0 Å². The zero-order valence-corrected chi connectivity index (χ0v) is 15.2. The molecule has 2 fully saturated rings. The quantitative estimate of drug-likeness (QED) is 0.667. The summed E-state index contributed by atoms with van der Waals surface area (Å²) >= 11 is 0. The molecule has 4 atom stereocenters. The van der Waals surface area contributed by atoms with Crippen molar-refractivity contribution in [2.24, 2.45) is 5.92 Å². The van der Waals surface area contributed by atoms with Gasteiger partial charge in [0.15, 0.2) is 0 Å². The first-order chi connectivity index (χ1) is 11.7. The van der Waals surface area contributed by atoms with Crippen LogP contribution in [0.2, 0.25) is 0 Å². The smallest absolute Gasteiger partial charge is 0.0828 e. The third-order valence-electron chi connectivity index (χ3n) is 5.65. The minimum Gasteiger partial charge on any atom is -0.370 e. The Morgan fingerprint density at radius 1 is 1.12 bits per heavy atom. The van der Waals surface area contributed by atoms with Gasteiger partial charge in [-0.1, -0.05) is 50.1 Å². The Morgan fingerprint density at radius 3 is 2.38 bits per heavy atom. The Balaban J connectivity index is 1.64. The van der Waals surface area contributed by atoms with Gasteiger partial charge in [0.25, 0.3) is 0 Å². The zero-order valence-electron chi connectivity index (χ0n) is 15.2. The number of nitrogens with zero attached hydrogens (tertiary/aromatic N) is 1. The second kappa shape index (κ2) is 8.19. The average molecular weight is 325 g/mol. The number of fused-ring (bicyclic) bond motifs is 2. The van der Waals surface area contributed by atoms with Crippen LogP contribution in [0.1, 0.15) is 64.0 Å². The molecule has 0 aromatic heterocycles. The van der Waals surface area contributed by atoms with Crippen LogP contribution in [0.4, 0.5) is 0 Å². The summed E-state index contributed by atoms with van der Waals surface area (Å²) in [5, 5.41) is 0. The molecule has 24 heavy (non-hydrogen) atoms. The van der Waals surface area contributed by atoms with Crippen LogP contribution in [0.3, 0.4) is 0 Å². The van der Waals surface area contributed by atoms with E-state index in [-0.39, 0.29) is 6.10 Å². The number of benzene rings is 1. The molecule has 0 N–H and O–H groups in total. The van der Waals surface area contributed by atoms with Crippen molar-refractivity contribution in [3.63, 3.8) is 0 Å². The van der Waals surface area contributed by atoms with Crippen LogP contribution in [0.5, 0.6) is 0 Å². The van der Waals surface area contributed by atoms with Crippen molar-refractivity contribution in [2.45, 2.75) is 76.7 Å². The van der Waals surface area contributed by atoms with Gasteiger partial charge in [-0.25, -0.2) is 0 Å². The van der Waals surface area contributed by atoms with E-state index in [1.165, 1.54) is 24.8 Å². The molecule has 2 saturated heterocycles. The fourth-order valence-electron chi connectivity index (χ4n) is 4.40. The summed E-state index contributed by atoms with van der Waals surface area (Å²) in [6.45, 7) is 5.39. The van der Waals surface area contributed by atoms with Crippen molar-refractivity contribution in [1.82, 2.24) is 4.90 Å². The van der Waals surface area contributed by atoms with E-state index < -0.39 is 0 Å². The maximum atomic E-state index is 6.66. The number of ether oxygens (including phenoxy) is 1. The third kappa shape index (κ3) is 4.21. The molecule has 3 rings (SSSR count). The van der Waals surface area contributed by atoms with Gasteiger partial charge in [-0.15, -0.1) is 6.42 Å². The number of rotatable bonds is 7. The molecule has 2 aliphatic heterocycles. The number of piperidine rings is 1. The first-order valence-electron chi connectivity index (χ1n) is 9.57. The topological polar surface area (TPSA) is 12.5 Å². The van der Waals surface area contributed by atoms with E-state index in [2.05, 4.69) is 55.0 Å². The molecular weight excluding hydrogens is 294 g/mol. The highest BCUT2D eigenvalue weighted by molar-refractivity contribution is 5.17. The lowest BCUT2D eigenvalue weighted by molar-refractivity contribution is -0.0644. The molecule has 0 radical (unpaired) electrons. The Labute approximate surface area is 147 Å². The highest BCUT2D eigenvalue weighted by Gasteiger charge is 2.41. The van der Waals surface area contributed by atoms with Gasteiger partial charge >= 0.3 is 0 Å². The van der Waals surface area contributed by atoms with Crippen molar-refractivity contribution in [2.75, 3.05) is 6.54 Å². The molecule has 0 aliphatic carbocycles. The summed E-state index contributed by atoms with van der Waals surface area (Å²) in [7, 11) is 0. The predicted molar refractivity (Wildman–Crippen MR) is 99.7 cm³/mol. The van der Waals surface area contributed by atoms with Crippen molar-refractivity contribution >= 4 is 0 Å². The monoisotopic (exact) mass is 325 g/mol. The van der Waals surface area contributed by atoms with Crippen LogP contribution < -0.4 is 0 Å². The molecule has 1 aromatic carbocycles. The molecular formula is C22H31NO. The lowest BCUT2D eigenvalue weighted by Crippen LogP contribution is -2.45. The van der Waals surface area contributed by atoms with Gasteiger partial charge in [-0.3, -0.25) is 4.90 Å². The molecule has 2 unspecified atom stereocenters. The van der Waals surface area contributed by atoms with Gasteiger partial charge in [0, 0.05) is 12.1 Å². The molecule has 0 saturated carbocycles. The fraction of sp³-hybridized carbons (Fsp3) is 0.636. The fourth-order valence-corrected chi connectivity index (χ4v) is 4.40. The average Bonchev–Trinajstić information content (AvgIpc) is 2.81. The lowest BCUT2D eigenvalue weighted by atomic mass is 9.97. The Bertz CT molecular complexity index is 533. The first-order valence-corrected chi connectivity index (χ1v) is 9.57. The SMILES string of the molecule is C#CCN1[C@@H]2CC[C@H]1CC(OC(CCC(C)C)c1ccccc1)C2. The maximum absolute atomic E-state index is 6.66. The van der Waals surface area contributed by atoms with Crippen LogP contribution in [0.25, 0.3) is 0 Å². The van der Waals surface area contributed by atoms with E-state index in [1.807, 2.05) is 0 Å². The molecule has 2 aliphatic rings. The van der Waals surface area contributed by atoms with Crippen molar-refractivity contribution in [1.29, 1.82) is 0 Å². The summed E-state index contributed by atoms with van der Waals surface area (Å²) in [5.74, 6) is 3.55. The van der Waals surface area contributed by atoms with E-state index in [9.17, 15) is 0 Å². The van der Waals surface area contributed by atoms with Crippen LogP contribution in [-0.2, 0) is 4.74 Å². The van der Waals surface area contributed by atoms with Crippen LogP contribution in [0, 0.1) is 18.3 Å². The summed E-state index contributed by atoms with van der Waals surface area (Å²) in [6.07, 6.45) is 13.3. The van der Waals surface area contributed by atoms with Crippen molar-refractivity contribution < 1.29 is 4.74 Å². The second-order valence-electron chi connectivity index (χ2n) is 7.86. The molecule has 2 heteroatoms. The number of hydrogen-bond donors (Lipinski definition) is 0. The van der Waals surface area contributed by atoms with Gasteiger partial charge in [0.2, 0.25) is 0 Å². The lowest BCUT2D eigenvalue weighted by Gasteiger charge is -2.39. The molecule has 2 heterocycles. The van der Waals surface area contributed by atoms with E-state index >= 15 is 0 Å². The van der Waals surface area contributed by atoms with Gasteiger partial charge in [-0.05, 0) is 50.0 Å².